The van der Waals surface area contributed by atoms with Crippen molar-refractivity contribution < 1.29 is 67.7 Å². The molecule has 0 bridgehead atoms. The first kappa shape index (κ1) is 83.9. The van der Waals surface area contributed by atoms with Crippen LogP contribution in [0.1, 0.15) is 142 Å². The number of anilines is 1. The number of carboxylic acid groups (broad SMARTS) is 1. The summed E-state index contributed by atoms with van der Waals surface area (Å²) in [5, 5.41) is 55.0. The van der Waals surface area contributed by atoms with Crippen molar-refractivity contribution in [2.45, 2.75) is 203 Å². The summed E-state index contributed by atoms with van der Waals surface area (Å²) in [6.07, 6.45) is 3.93. The normalized spacial score (nSPS) is 16.4. The van der Waals surface area contributed by atoms with Crippen molar-refractivity contribution in [3.8, 4) is 0 Å². The molecule has 2 fully saturated rings. The van der Waals surface area contributed by atoms with E-state index in [1.165, 1.54) is 15.9 Å². The van der Waals surface area contributed by atoms with E-state index in [1.807, 2.05) is 0 Å². The molecule has 3 aromatic rings. The van der Waals surface area contributed by atoms with Gasteiger partial charge < -0.3 is 103 Å². The standard InChI is InChI=1S/C66H102N22O16/c1-4-15-45(56(92)83-49(34-38-36-77-42-18-6-5-16-40(38)42)59(95)80-46(21-12-31-76-66(72)73)57(93)78-44(55(69)91)19-8-10-29-74-43-25-24-39(87(101)102)35-52(43)88(103)104)79-58(94)47(26-27-53(89)90)81-62(98)54(37(2)3)84-61(97)51-23-14-33-86(51)64(100)48(20-7-9-28-67)82-60(96)50-22-13-32-85(50)63(99)41(68)17-11-30-75-65(70)71/h5-6,16,18,24-25,35-37,41,44-51,54,74,77H,4,7-15,17,19-23,26-34,67-68H2,1-3H3,(H2,69,91)(H,78,93)(H,79,94)(H,80,95)(H,81,98)(H,82,96)(H,83,92)(H,84,97)(H,89,90)(H4,70,71,75)(H4,72,73,76)/t41-,44-,45-,46-,47-,48-,49-,50-,51-,54-/m0/s1. The Hall–Kier alpha value is -10.8. The van der Waals surface area contributed by atoms with Gasteiger partial charge in [0.15, 0.2) is 11.9 Å². The van der Waals surface area contributed by atoms with Gasteiger partial charge in [0.05, 0.1) is 22.0 Å². The molecule has 0 unspecified atom stereocenters. The molecule has 0 aliphatic carbocycles. The zero-order chi connectivity index (χ0) is 76.7. The Morgan fingerprint density at radius 3 is 1.72 bits per heavy atom. The SMILES string of the molecule is CCC[C@H](NC(=O)[C@H](CCC(=O)O)NC(=O)[C@@H](NC(=O)[C@@H]1CCCN1C(=O)[C@H](CCCCN)NC(=O)[C@@H]1CCCN1C(=O)[C@@H](N)CCCN=C(N)N)C(C)C)C(=O)N[C@@H](Cc1c[nH]c2ccccc12)C(=O)N[C@@H](CCCN=C(N)N)C(=O)N[C@@H](CCCCNc1ccc([N+](=O)[O-])cc1[N+](=O)[O-])C(N)=O. The number of nitro benzene ring substituents is 2. The Kier molecular flexibility index (Phi) is 33.8. The van der Waals surface area contributed by atoms with Crippen molar-refractivity contribution in [3.05, 3.63) is 74.5 Å². The van der Waals surface area contributed by atoms with Gasteiger partial charge in [-0.1, -0.05) is 45.4 Å². The lowest BCUT2D eigenvalue weighted by Crippen LogP contribution is -2.61. The number of benzene rings is 2. The van der Waals surface area contributed by atoms with Crippen LogP contribution in [0.2, 0.25) is 0 Å². The predicted molar refractivity (Wildman–Crippen MR) is 384 cm³/mol. The number of carboxylic acids is 1. The minimum atomic E-state index is -1.64. The number of hydrogen-bond donors (Lipinski definition) is 17. The fourth-order valence-electron chi connectivity index (χ4n) is 12.3. The maximum absolute atomic E-state index is 14.8. The lowest BCUT2D eigenvalue weighted by Gasteiger charge is -2.32. The van der Waals surface area contributed by atoms with Crippen molar-refractivity contribution in [1.82, 2.24) is 52.0 Å². The molecule has 38 heteroatoms. The van der Waals surface area contributed by atoms with E-state index >= 15 is 0 Å². The number of guanidine groups is 2. The number of rotatable bonds is 45. The second-order valence-electron chi connectivity index (χ2n) is 26.1. The number of likely N-dealkylation sites (tertiary alicyclic amines) is 2. The van der Waals surface area contributed by atoms with Gasteiger partial charge >= 0.3 is 5.97 Å². The topological polar surface area (TPSA) is 620 Å². The van der Waals surface area contributed by atoms with Crippen molar-refractivity contribution in [1.29, 1.82) is 0 Å². The van der Waals surface area contributed by atoms with E-state index in [1.54, 1.807) is 51.2 Å². The molecule has 1 aromatic heterocycles. The van der Waals surface area contributed by atoms with Gasteiger partial charge in [-0.05, 0) is 133 Å². The van der Waals surface area contributed by atoms with Gasteiger partial charge in [-0.15, -0.1) is 0 Å². The number of aromatic amines is 1. The van der Waals surface area contributed by atoms with Crippen LogP contribution in [0.3, 0.4) is 0 Å². The number of carbonyl (C=O) groups is 11. The molecule has 38 nitrogen and oxygen atoms in total. The van der Waals surface area contributed by atoms with E-state index in [0.29, 0.717) is 61.5 Å². The second-order valence-corrected chi connectivity index (χ2v) is 26.1. The first-order valence-electron chi connectivity index (χ1n) is 35.0. The summed E-state index contributed by atoms with van der Waals surface area (Å²) in [7, 11) is 0. The summed E-state index contributed by atoms with van der Waals surface area (Å²) in [4.78, 5) is 189. The maximum Gasteiger partial charge on any atom is 0.303 e. The first-order valence-corrected chi connectivity index (χ1v) is 35.0. The van der Waals surface area contributed by atoms with E-state index in [0.717, 1.165) is 12.1 Å². The zero-order valence-corrected chi connectivity index (χ0v) is 58.9. The largest absolute Gasteiger partial charge is 0.481 e. The van der Waals surface area contributed by atoms with Crippen LogP contribution in [0, 0.1) is 26.1 Å². The number of hydrogen-bond acceptors (Lipinski definition) is 20. The number of nitro groups is 2. The van der Waals surface area contributed by atoms with Gasteiger partial charge in [0.1, 0.15) is 60.1 Å². The molecule has 0 spiro atoms. The van der Waals surface area contributed by atoms with Crippen molar-refractivity contribution >= 4 is 105 Å². The molecule has 104 heavy (non-hydrogen) atoms. The Bertz CT molecular complexity index is 3560. The van der Waals surface area contributed by atoms with Crippen LogP contribution in [-0.4, -0.2) is 206 Å². The Balaban J connectivity index is 1.32. The van der Waals surface area contributed by atoms with Gasteiger partial charge in [-0.3, -0.25) is 83.0 Å². The van der Waals surface area contributed by atoms with Crippen LogP contribution in [0.5, 0.6) is 0 Å². The lowest BCUT2D eigenvalue weighted by atomic mass is 10.0. The highest BCUT2D eigenvalue weighted by atomic mass is 16.6. The molecule has 24 N–H and O–H groups in total. The van der Waals surface area contributed by atoms with Crippen LogP contribution in [-0.2, 0) is 59.2 Å². The van der Waals surface area contributed by atoms with Crippen LogP contribution >= 0.6 is 0 Å². The number of para-hydroxylation sites is 1. The average molecular weight is 1460 g/mol. The third kappa shape index (κ3) is 25.9. The van der Waals surface area contributed by atoms with Gasteiger partial charge in [0.2, 0.25) is 59.1 Å². The molecule has 0 saturated carbocycles. The zero-order valence-electron chi connectivity index (χ0n) is 58.9. The highest BCUT2D eigenvalue weighted by Crippen LogP contribution is 2.30. The maximum atomic E-state index is 14.8. The third-order valence-electron chi connectivity index (χ3n) is 17.9. The molecule has 572 valence electrons. The number of primary amides is 1. The number of nitrogens with two attached hydrogens (primary N) is 7. The lowest BCUT2D eigenvalue weighted by molar-refractivity contribution is -0.393. The monoisotopic (exact) mass is 1460 g/mol. The molecular formula is C66H102N22O16. The first-order chi connectivity index (χ1) is 49.5. The molecule has 5 rings (SSSR count). The van der Waals surface area contributed by atoms with Crippen LogP contribution in [0.4, 0.5) is 17.1 Å². The van der Waals surface area contributed by atoms with E-state index in [-0.39, 0.29) is 121 Å². The van der Waals surface area contributed by atoms with Crippen molar-refractivity contribution in [2.75, 3.05) is 44.6 Å². The number of nitrogens with zero attached hydrogens (tertiary/aromatic N) is 6. The molecule has 3 heterocycles. The minimum absolute atomic E-state index is 0.00558. The summed E-state index contributed by atoms with van der Waals surface area (Å²) < 4.78 is 0. The molecule has 2 saturated heterocycles. The van der Waals surface area contributed by atoms with E-state index in [2.05, 4.69) is 57.5 Å². The summed E-state index contributed by atoms with van der Waals surface area (Å²) in [5.41, 5.74) is 40.0. The van der Waals surface area contributed by atoms with Gasteiger partial charge in [0.25, 0.3) is 11.4 Å². The summed E-state index contributed by atoms with van der Waals surface area (Å²) in [6, 6.07) is -2.69. The summed E-state index contributed by atoms with van der Waals surface area (Å²) in [5.74, 6) is -10.3. The average Bonchev–Trinajstić information content (AvgIpc) is 1.66. The Morgan fingerprint density at radius 2 is 1.14 bits per heavy atom. The van der Waals surface area contributed by atoms with Crippen LogP contribution in [0.25, 0.3) is 10.9 Å². The highest BCUT2D eigenvalue weighted by molar-refractivity contribution is 5.99. The molecule has 0 radical (unpaired) electrons. The predicted octanol–water partition coefficient (Wildman–Crippen LogP) is -1.45. The molecule has 10 amide bonds. The van der Waals surface area contributed by atoms with E-state index < -0.39 is 165 Å². The van der Waals surface area contributed by atoms with Crippen molar-refractivity contribution in [2.24, 2.45) is 56.0 Å². The molecule has 2 aromatic carbocycles. The number of fused-ring (bicyclic) bond motifs is 1. The molecule has 2 aliphatic rings. The fraction of sp³-hybridized carbons (Fsp3) is 0.591. The summed E-state index contributed by atoms with van der Waals surface area (Å²) >= 11 is 0. The number of aliphatic carboxylic acids is 1. The highest BCUT2D eigenvalue weighted by Gasteiger charge is 2.43. The Labute approximate surface area is 600 Å². The van der Waals surface area contributed by atoms with Gasteiger partial charge in [0, 0.05) is 68.7 Å². The number of amides is 10. The number of non-ortho nitro benzene ring substituents is 1. The molecule has 10 atom stereocenters. The van der Waals surface area contributed by atoms with Crippen LogP contribution in [0.15, 0.2) is 58.6 Å². The van der Waals surface area contributed by atoms with Crippen LogP contribution < -0.4 is 82.7 Å². The number of H-pyrrole nitrogens is 1. The van der Waals surface area contributed by atoms with E-state index in [4.69, 9.17) is 40.1 Å². The third-order valence-corrected chi connectivity index (χ3v) is 17.9. The quantitative estimate of drug-likeness (QED) is 0.0101. The Morgan fingerprint density at radius 1 is 0.615 bits per heavy atom. The number of nitrogens with one attached hydrogen (secondary N) is 9. The van der Waals surface area contributed by atoms with Crippen molar-refractivity contribution in [3.63, 3.8) is 0 Å². The number of unbranched alkanes of at least 4 members (excludes halogenated alkanes) is 2. The fourth-order valence-corrected chi connectivity index (χ4v) is 12.3. The van der Waals surface area contributed by atoms with Gasteiger partial charge in [-0.25, -0.2) is 0 Å². The number of carbonyl (C=O) groups excluding carboxylic acids is 10. The van der Waals surface area contributed by atoms with E-state index in [9.17, 15) is 78.1 Å². The smallest absolute Gasteiger partial charge is 0.303 e. The number of aromatic nitrogens is 1. The van der Waals surface area contributed by atoms with Gasteiger partial charge in [-0.2, -0.15) is 0 Å². The molecule has 2 aliphatic heterocycles. The number of aliphatic imine (C=N–C) groups is 2. The molecular weight excluding hydrogens is 1360 g/mol. The second kappa shape index (κ2) is 42.0. The summed E-state index contributed by atoms with van der Waals surface area (Å²) in [6.45, 7) is 5.92. The minimum Gasteiger partial charge on any atom is -0.481 e.